The van der Waals surface area contributed by atoms with E-state index in [4.69, 9.17) is 0 Å². The predicted octanol–water partition coefficient (Wildman–Crippen LogP) is 2.67. The lowest BCUT2D eigenvalue weighted by Crippen LogP contribution is -2.20. The number of hydrogen-bond donors (Lipinski definition) is 3. The highest BCUT2D eigenvalue weighted by Gasteiger charge is 2.05. The number of H-pyrrole nitrogens is 1. The van der Waals surface area contributed by atoms with Crippen molar-refractivity contribution in [1.29, 1.82) is 0 Å². The van der Waals surface area contributed by atoms with Crippen molar-refractivity contribution < 1.29 is 4.79 Å². The van der Waals surface area contributed by atoms with Crippen LogP contribution < -0.4 is 10.6 Å². The molecule has 0 fully saturated rings. The lowest BCUT2D eigenvalue weighted by atomic mass is 10.1. The fraction of sp³-hybridized carbons (Fsp3) is 0.167. The maximum atomic E-state index is 11.7. The van der Waals surface area contributed by atoms with Crippen LogP contribution >= 0.6 is 0 Å². The molecular formula is C12H14N4O. The van der Waals surface area contributed by atoms with Crippen molar-refractivity contribution in [3.63, 3.8) is 0 Å². The molecule has 2 aromatic rings. The number of carbonyl (C=O) groups excluding carboxylic acids is 1. The van der Waals surface area contributed by atoms with Crippen molar-refractivity contribution >= 4 is 17.5 Å². The van der Waals surface area contributed by atoms with Crippen LogP contribution in [0.15, 0.2) is 30.5 Å². The highest BCUT2D eigenvalue weighted by Crippen LogP contribution is 2.16. The number of aromatic nitrogens is 2. The van der Waals surface area contributed by atoms with Gasteiger partial charge in [-0.1, -0.05) is 12.1 Å². The SMILES string of the molecule is Cc1ccc(C)c(NC(=O)Nc2ccn[nH]2)c1. The third-order valence-electron chi connectivity index (χ3n) is 2.39. The number of anilines is 2. The number of benzene rings is 1. The van der Waals surface area contributed by atoms with E-state index >= 15 is 0 Å². The van der Waals surface area contributed by atoms with Gasteiger partial charge in [-0.15, -0.1) is 0 Å². The van der Waals surface area contributed by atoms with Crippen LogP contribution in [0.25, 0.3) is 0 Å². The summed E-state index contributed by atoms with van der Waals surface area (Å²) in [4.78, 5) is 11.7. The Morgan fingerprint density at radius 2 is 2.06 bits per heavy atom. The largest absolute Gasteiger partial charge is 0.324 e. The molecule has 0 spiro atoms. The first-order valence-corrected chi connectivity index (χ1v) is 5.30. The second-order valence-corrected chi connectivity index (χ2v) is 3.87. The lowest BCUT2D eigenvalue weighted by molar-refractivity contribution is 0.262. The van der Waals surface area contributed by atoms with Crippen LogP contribution in [-0.4, -0.2) is 16.2 Å². The van der Waals surface area contributed by atoms with E-state index in [0.29, 0.717) is 5.82 Å². The van der Waals surface area contributed by atoms with Crippen LogP contribution in [-0.2, 0) is 0 Å². The third kappa shape index (κ3) is 2.84. The van der Waals surface area contributed by atoms with E-state index < -0.39 is 0 Å². The Kier molecular flexibility index (Phi) is 3.09. The maximum absolute atomic E-state index is 11.7. The van der Waals surface area contributed by atoms with Crippen LogP contribution in [0.5, 0.6) is 0 Å². The molecule has 0 aliphatic rings. The van der Waals surface area contributed by atoms with Crippen molar-refractivity contribution in [2.24, 2.45) is 0 Å². The smallest absolute Gasteiger partial charge is 0.307 e. The first-order valence-electron chi connectivity index (χ1n) is 5.30. The summed E-state index contributed by atoms with van der Waals surface area (Å²) in [5, 5.41) is 11.8. The van der Waals surface area contributed by atoms with Gasteiger partial charge in [0.25, 0.3) is 0 Å². The fourth-order valence-electron chi connectivity index (χ4n) is 1.47. The number of urea groups is 1. The normalized spacial score (nSPS) is 10.0. The molecule has 17 heavy (non-hydrogen) atoms. The zero-order valence-electron chi connectivity index (χ0n) is 9.74. The van der Waals surface area contributed by atoms with Gasteiger partial charge in [0.2, 0.25) is 0 Å². The van der Waals surface area contributed by atoms with Crippen LogP contribution in [0.3, 0.4) is 0 Å². The molecule has 1 aromatic carbocycles. The summed E-state index contributed by atoms with van der Waals surface area (Å²) in [5.41, 5.74) is 2.94. The molecule has 0 saturated carbocycles. The quantitative estimate of drug-likeness (QED) is 0.742. The van der Waals surface area contributed by atoms with Crippen molar-refractivity contribution in [2.75, 3.05) is 10.6 Å². The van der Waals surface area contributed by atoms with Crippen molar-refractivity contribution in [2.45, 2.75) is 13.8 Å². The van der Waals surface area contributed by atoms with E-state index in [9.17, 15) is 4.79 Å². The highest BCUT2D eigenvalue weighted by molar-refractivity contribution is 5.99. The van der Waals surface area contributed by atoms with Gasteiger partial charge in [-0.3, -0.25) is 10.4 Å². The maximum Gasteiger partial charge on any atom is 0.324 e. The molecule has 0 bridgehead atoms. The molecule has 0 radical (unpaired) electrons. The summed E-state index contributed by atoms with van der Waals surface area (Å²) >= 11 is 0. The average Bonchev–Trinajstić information content (AvgIpc) is 2.76. The minimum Gasteiger partial charge on any atom is -0.307 e. The van der Waals surface area contributed by atoms with Gasteiger partial charge in [-0.2, -0.15) is 5.10 Å². The number of carbonyl (C=O) groups is 1. The Balaban J connectivity index is 2.05. The first kappa shape index (κ1) is 11.2. The molecule has 0 saturated heterocycles. The minimum absolute atomic E-state index is 0.289. The number of hydrogen-bond acceptors (Lipinski definition) is 2. The van der Waals surface area contributed by atoms with Crippen LogP contribution in [0.2, 0.25) is 0 Å². The monoisotopic (exact) mass is 230 g/mol. The molecule has 5 heteroatoms. The van der Waals surface area contributed by atoms with E-state index in [1.165, 1.54) is 0 Å². The number of amides is 2. The van der Waals surface area contributed by atoms with Gasteiger partial charge in [-0.25, -0.2) is 4.79 Å². The van der Waals surface area contributed by atoms with Gasteiger partial charge in [0.15, 0.2) is 0 Å². The van der Waals surface area contributed by atoms with Gasteiger partial charge < -0.3 is 5.32 Å². The summed E-state index contributed by atoms with van der Waals surface area (Å²) in [6, 6.07) is 7.31. The van der Waals surface area contributed by atoms with Crippen LogP contribution in [0, 0.1) is 13.8 Å². The molecular weight excluding hydrogens is 216 g/mol. The molecule has 0 aliphatic carbocycles. The standard InChI is InChI=1S/C12H14N4O/c1-8-3-4-9(2)10(7-8)14-12(17)15-11-5-6-13-16-11/h3-7H,1-2H3,(H3,13,14,15,16,17). The van der Waals surface area contributed by atoms with Crippen LogP contribution in [0.1, 0.15) is 11.1 Å². The fourth-order valence-corrected chi connectivity index (χ4v) is 1.47. The molecule has 0 aliphatic heterocycles. The van der Waals surface area contributed by atoms with E-state index in [1.54, 1.807) is 12.3 Å². The lowest BCUT2D eigenvalue weighted by Gasteiger charge is -2.09. The number of nitrogens with one attached hydrogen (secondary N) is 3. The van der Waals surface area contributed by atoms with Crippen molar-refractivity contribution in [3.8, 4) is 0 Å². The Bertz CT molecular complexity index is 519. The van der Waals surface area contributed by atoms with Crippen molar-refractivity contribution in [3.05, 3.63) is 41.6 Å². The van der Waals surface area contributed by atoms with Gasteiger partial charge in [0.05, 0.1) is 6.20 Å². The van der Waals surface area contributed by atoms with Gasteiger partial charge in [0, 0.05) is 11.8 Å². The second kappa shape index (κ2) is 4.69. The Morgan fingerprint density at radius 1 is 1.24 bits per heavy atom. The molecule has 5 nitrogen and oxygen atoms in total. The van der Waals surface area contributed by atoms with Gasteiger partial charge in [0.1, 0.15) is 5.82 Å². The zero-order valence-corrected chi connectivity index (χ0v) is 9.74. The van der Waals surface area contributed by atoms with E-state index in [0.717, 1.165) is 16.8 Å². The molecule has 1 aromatic heterocycles. The molecule has 88 valence electrons. The number of aryl methyl sites for hydroxylation is 2. The number of rotatable bonds is 2. The Labute approximate surface area is 99.2 Å². The predicted molar refractivity (Wildman–Crippen MR) is 67.1 cm³/mol. The van der Waals surface area contributed by atoms with E-state index in [2.05, 4.69) is 20.8 Å². The zero-order chi connectivity index (χ0) is 12.3. The van der Waals surface area contributed by atoms with Crippen molar-refractivity contribution in [1.82, 2.24) is 10.2 Å². The molecule has 2 rings (SSSR count). The van der Waals surface area contributed by atoms with Crippen LogP contribution in [0.4, 0.5) is 16.3 Å². The molecule has 2 amide bonds. The number of aromatic amines is 1. The average molecular weight is 230 g/mol. The first-order chi connectivity index (χ1) is 8.15. The molecule has 0 unspecified atom stereocenters. The second-order valence-electron chi connectivity index (χ2n) is 3.87. The minimum atomic E-state index is -0.289. The summed E-state index contributed by atoms with van der Waals surface area (Å²) < 4.78 is 0. The van der Waals surface area contributed by atoms with Gasteiger partial charge >= 0.3 is 6.03 Å². The van der Waals surface area contributed by atoms with Gasteiger partial charge in [-0.05, 0) is 31.0 Å². The summed E-state index contributed by atoms with van der Waals surface area (Å²) in [7, 11) is 0. The summed E-state index contributed by atoms with van der Waals surface area (Å²) in [6.07, 6.45) is 1.58. The third-order valence-corrected chi connectivity index (χ3v) is 2.39. The molecule has 1 heterocycles. The Hall–Kier alpha value is -2.30. The van der Waals surface area contributed by atoms with E-state index in [1.807, 2.05) is 32.0 Å². The molecule has 0 atom stereocenters. The highest BCUT2D eigenvalue weighted by atomic mass is 16.2. The number of nitrogens with zero attached hydrogens (tertiary/aromatic N) is 1. The summed E-state index contributed by atoms with van der Waals surface area (Å²) in [6.45, 7) is 3.93. The topological polar surface area (TPSA) is 69.8 Å². The Morgan fingerprint density at radius 3 is 2.76 bits per heavy atom. The van der Waals surface area contributed by atoms with E-state index in [-0.39, 0.29) is 6.03 Å². The summed E-state index contributed by atoms with van der Waals surface area (Å²) in [5.74, 6) is 0.563. The molecule has 3 N–H and O–H groups in total.